The number of carbonyl (C=O) groups excluding carboxylic acids is 1. The third kappa shape index (κ3) is 4.56. The van der Waals surface area contributed by atoms with Crippen LogP contribution in [0.2, 0.25) is 0 Å². The van der Waals surface area contributed by atoms with Crippen molar-refractivity contribution in [3.8, 4) is 5.75 Å². The van der Waals surface area contributed by atoms with Gasteiger partial charge in [-0.1, -0.05) is 17.3 Å². The zero-order chi connectivity index (χ0) is 15.1. The quantitative estimate of drug-likeness (QED) is 0.556. The molecule has 6 heteroatoms. The topological polar surface area (TPSA) is 57.0 Å². The number of ketones is 1. The second kappa shape index (κ2) is 7.78. The molecule has 0 unspecified atom stereocenters. The predicted molar refractivity (Wildman–Crippen MR) is 81.0 cm³/mol. The van der Waals surface area contributed by atoms with Crippen LogP contribution in [-0.4, -0.2) is 33.3 Å². The van der Waals surface area contributed by atoms with Crippen molar-refractivity contribution in [2.24, 2.45) is 0 Å². The molecule has 1 aromatic carbocycles. The molecule has 0 radical (unpaired) electrons. The number of hydrogen-bond acceptors (Lipinski definition) is 4. The van der Waals surface area contributed by atoms with E-state index in [4.69, 9.17) is 16.3 Å². The van der Waals surface area contributed by atoms with E-state index in [2.05, 4.69) is 10.3 Å². The third-order valence-corrected chi connectivity index (χ3v) is 3.26. The lowest BCUT2D eigenvalue weighted by atomic mass is 10.1. The fourth-order valence-corrected chi connectivity index (χ4v) is 2.08. The zero-order valence-corrected chi connectivity index (χ0v) is 12.7. The summed E-state index contributed by atoms with van der Waals surface area (Å²) >= 11 is 5.65. The van der Waals surface area contributed by atoms with Gasteiger partial charge in [-0.2, -0.15) is 0 Å². The maximum Gasteiger partial charge on any atom is 0.163 e. The number of nitrogens with zero attached hydrogens (tertiary/aromatic N) is 3. The molecule has 0 saturated carbocycles. The first-order chi connectivity index (χ1) is 10.2. The lowest BCUT2D eigenvalue weighted by molar-refractivity contribution is 0.101. The van der Waals surface area contributed by atoms with Crippen molar-refractivity contribution in [3.05, 3.63) is 41.7 Å². The van der Waals surface area contributed by atoms with Gasteiger partial charge < -0.3 is 4.74 Å². The molecule has 0 aliphatic rings. The summed E-state index contributed by atoms with van der Waals surface area (Å²) in [6.07, 6.45) is 3.62. The molecule has 21 heavy (non-hydrogen) atoms. The number of hydrogen-bond donors (Lipinski definition) is 0. The lowest BCUT2D eigenvalue weighted by Crippen LogP contribution is -2.10. The minimum atomic E-state index is -0.00489. The zero-order valence-electron chi connectivity index (χ0n) is 12.0. The van der Waals surface area contributed by atoms with Gasteiger partial charge in [0.05, 0.1) is 17.8 Å². The van der Waals surface area contributed by atoms with Crippen LogP contribution < -0.4 is 4.74 Å². The normalized spacial score (nSPS) is 10.6. The van der Waals surface area contributed by atoms with Crippen molar-refractivity contribution in [3.63, 3.8) is 0 Å². The third-order valence-electron chi connectivity index (χ3n) is 3.00. The van der Waals surface area contributed by atoms with Crippen LogP contribution in [0.25, 0.3) is 0 Å². The van der Waals surface area contributed by atoms with Gasteiger partial charge in [-0.05, 0) is 31.9 Å². The molecular weight excluding hydrogens is 290 g/mol. The molecule has 0 amide bonds. The minimum absolute atomic E-state index is 0.00489. The number of Topliss-reactive ketones (excluding diaryl/α,β-unsaturated/α-hetero) is 1. The Hall–Kier alpha value is -1.88. The summed E-state index contributed by atoms with van der Waals surface area (Å²) in [5.41, 5.74) is 1.53. The number of carbonyl (C=O) groups is 1. The Labute approximate surface area is 128 Å². The maximum absolute atomic E-state index is 11.5. The monoisotopic (exact) mass is 307 g/mol. The van der Waals surface area contributed by atoms with Crippen LogP contribution in [0, 0.1) is 0 Å². The highest BCUT2D eigenvalue weighted by Gasteiger charge is 2.07. The van der Waals surface area contributed by atoms with E-state index < -0.39 is 0 Å². The fraction of sp³-hybridized carbons (Fsp3) is 0.400. The molecule has 2 rings (SSSR count). The Morgan fingerprint density at radius 1 is 1.38 bits per heavy atom. The number of halogens is 1. The smallest absolute Gasteiger partial charge is 0.163 e. The van der Waals surface area contributed by atoms with Crippen molar-refractivity contribution in [2.75, 3.05) is 12.5 Å². The molecule has 0 fully saturated rings. The van der Waals surface area contributed by atoms with Crippen LogP contribution in [0.5, 0.6) is 5.75 Å². The van der Waals surface area contributed by atoms with E-state index in [1.54, 1.807) is 16.8 Å². The Morgan fingerprint density at radius 3 is 2.95 bits per heavy atom. The lowest BCUT2D eigenvalue weighted by Gasteiger charge is -2.09. The Bertz CT molecular complexity index is 598. The summed E-state index contributed by atoms with van der Waals surface area (Å²) in [7, 11) is 0. The average molecular weight is 308 g/mol. The average Bonchev–Trinajstić information content (AvgIpc) is 2.93. The van der Waals surface area contributed by atoms with E-state index in [-0.39, 0.29) is 5.78 Å². The molecule has 2 aromatic rings. The molecule has 0 aliphatic carbocycles. The second-order valence-electron chi connectivity index (χ2n) is 4.67. The SMILES string of the molecule is CC(=O)c1ccccc1OCCn1cc(CCCCl)nn1. The number of alkyl halides is 1. The van der Waals surface area contributed by atoms with Crippen LogP contribution in [0.1, 0.15) is 29.4 Å². The second-order valence-corrected chi connectivity index (χ2v) is 5.04. The molecule has 1 heterocycles. The van der Waals surface area contributed by atoms with Crippen molar-refractivity contribution in [2.45, 2.75) is 26.3 Å². The molecule has 0 saturated heterocycles. The molecule has 5 nitrogen and oxygen atoms in total. The van der Waals surface area contributed by atoms with Crippen LogP contribution in [0.4, 0.5) is 0 Å². The van der Waals surface area contributed by atoms with E-state index >= 15 is 0 Å². The van der Waals surface area contributed by atoms with Gasteiger partial charge in [-0.15, -0.1) is 16.7 Å². The maximum atomic E-state index is 11.5. The predicted octanol–water partition coefficient (Wildman–Crippen LogP) is 2.73. The van der Waals surface area contributed by atoms with E-state index in [1.165, 1.54) is 6.92 Å². The van der Waals surface area contributed by atoms with Crippen LogP contribution in [0.15, 0.2) is 30.5 Å². The highest BCUT2D eigenvalue weighted by molar-refractivity contribution is 6.17. The van der Waals surface area contributed by atoms with E-state index in [9.17, 15) is 4.79 Å². The van der Waals surface area contributed by atoms with E-state index in [1.807, 2.05) is 18.3 Å². The van der Waals surface area contributed by atoms with Gasteiger partial charge in [0.1, 0.15) is 12.4 Å². The van der Waals surface area contributed by atoms with Gasteiger partial charge in [0.15, 0.2) is 5.78 Å². The largest absolute Gasteiger partial charge is 0.491 e. The van der Waals surface area contributed by atoms with Crippen LogP contribution in [-0.2, 0) is 13.0 Å². The number of benzene rings is 1. The first kappa shape index (κ1) is 15.5. The van der Waals surface area contributed by atoms with Gasteiger partial charge in [0.2, 0.25) is 0 Å². The number of rotatable bonds is 8. The van der Waals surface area contributed by atoms with Gasteiger partial charge >= 0.3 is 0 Å². The van der Waals surface area contributed by atoms with Gasteiger partial charge in [-0.3, -0.25) is 4.79 Å². The summed E-state index contributed by atoms with van der Waals surface area (Å²) in [4.78, 5) is 11.5. The molecule has 0 N–H and O–H groups in total. The highest BCUT2D eigenvalue weighted by Crippen LogP contribution is 2.18. The van der Waals surface area contributed by atoms with Crippen molar-refractivity contribution in [1.29, 1.82) is 0 Å². The molecular formula is C15H18ClN3O2. The fourth-order valence-electron chi connectivity index (χ4n) is 1.94. The highest BCUT2D eigenvalue weighted by atomic mass is 35.5. The summed E-state index contributed by atoms with van der Waals surface area (Å²) in [5, 5.41) is 8.10. The van der Waals surface area contributed by atoms with Crippen molar-refractivity contribution in [1.82, 2.24) is 15.0 Å². The van der Waals surface area contributed by atoms with Gasteiger partial charge in [-0.25, -0.2) is 4.68 Å². The summed E-state index contributed by atoms with van der Waals surface area (Å²) < 4.78 is 7.40. The van der Waals surface area contributed by atoms with Crippen molar-refractivity contribution >= 4 is 17.4 Å². The van der Waals surface area contributed by atoms with Crippen molar-refractivity contribution < 1.29 is 9.53 Å². The molecule has 0 aliphatic heterocycles. The molecule has 0 atom stereocenters. The van der Waals surface area contributed by atoms with Gasteiger partial charge in [0, 0.05) is 12.1 Å². The number of ether oxygens (including phenoxy) is 1. The number of aryl methyl sites for hydroxylation is 1. The standard InChI is InChI=1S/C15H18ClN3O2/c1-12(20)14-6-2-3-7-15(14)21-10-9-19-11-13(17-18-19)5-4-8-16/h2-3,6-7,11H,4-5,8-10H2,1H3. The van der Waals surface area contributed by atoms with Gasteiger partial charge in [0.25, 0.3) is 0 Å². The van der Waals surface area contributed by atoms with Crippen LogP contribution >= 0.6 is 11.6 Å². The van der Waals surface area contributed by atoms with E-state index in [0.717, 1.165) is 18.5 Å². The molecule has 1 aromatic heterocycles. The summed E-state index contributed by atoms with van der Waals surface area (Å²) in [5.74, 6) is 1.22. The van der Waals surface area contributed by atoms with E-state index in [0.29, 0.717) is 30.3 Å². The Balaban J connectivity index is 1.87. The number of para-hydroxylation sites is 1. The molecule has 0 spiro atoms. The summed E-state index contributed by atoms with van der Waals surface area (Å²) in [6, 6.07) is 7.23. The Kier molecular flexibility index (Phi) is 5.75. The van der Waals surface area contributed by atoms with Crippen LogP contribution in [0.3, 0.4) is 0 Å². The Morgan fingerprint density at radius 2 is 2.19 bits per heavy atom. The molecule has 112 valence electrons. The molecule has 0 bridgehead atoms. The first-order valence-corrected chi connectivity index (χ1v) is 7.42. The number of aromatic nitrogens is 3. The minimum Gasteiger partial charge on any atom is -0.491 e. The summed E-state index contributed by atoms with van der Waals surface area (Å²) in [6.45, 7) is 2.55. The first-order valence-electron chi connectivity index (χ1n) is 6.88.